The van der Waals surface area contributed by atoms with Crippen molar-refractivity contribution in [1.29, 1.82) is 0 Å². The maximum absolute atomic E-state index is 12.4. The van der Waals surface area contributed by atoms with Crippen LogP contribution in [-0.4, -0.2) is 29.2 Å². The molecule has 4 nitrogen and oxygen atoms in total. The van der Waals surface area contributed by atoms with Crippen LogP contribution in [0.5, 0.6) is 0 Å². The van der Waals surface area contributed by atoms with Crippen molar-refractivity contribution in [1.82, 2.24) is 5.32 Å². The highest BCUT2D eigenvalue weighted by Crippen LogP contribution is 2.18. The van der Waals surface area contributed by atoms with E-state index >= 15 is 0 Å². The van der Waals surface area contributed by atoms with Crippen molar-refractivity contribution in [3.8, 4) is 0 Å². The van der Waals surface area contributed by atoms with Crippen LogP contribution in [0.4, 0.5) is 4.79 Å². The lowest BCUT2D eigenvalue weighted by Gasteiger charge is -2.20. The molecule has 0 bridgehead atoms. The van der Waals surface area contributed by atoms with Crippen LogP contribution in [0.1, 0.15) is 30.4 Å². The first kappa shape index (κ1) is 22.1. The molecule has 0 aromatic heterocycles. The highest BCUT2D eigenvalue weighted by atomic mass is 35.5. The fraction of sp³-hybridized carbons (Fsp3) is 0.320. The molecule has 0 aliphatic carbocycles. The molecule has 30 heavy (non-hydrogen) atoms. The molecule has 0 radical (unpaired) electrons. The van der Waals surface area contributed by atoms with E-state index in [2.05, 4.69) is 35.6 Å². The van der Waals surface area contributed by atoms with Gasteiger partial charge < -0.3 is 15.2 Å². The van der Waals surface area contributed by atoms with Gasteiger partial charge in [0.25, 0.3) is 0 Å². The summed E-state index contributed by atoms with van der Waals surface area (Å²) in [7, 11) is 0. The number of benzene rings is 3. The van der Waals surface area contributed by atoms with Gasteiger partial charge >= 0.3 is 6.09 Å². The molecule has 5 heteroatoms. The molecule has 3 aromatic carbocycles. The number of carbonyl (C=O) groups excluding carboxylic acids is 1. The van der Waals surface area contributed by atoms with Gasteiger partial charge in [-0.3, -0.25) is 0 Å². The molecule has 1 amide bonds. The van der Waals surface area contributed by atoms with E-state index in [-0.39, 0.29) is 18.5 Å². The van der Waals surface area contributed by atoms with E-state index in [1.165, 1.54) is 10.8 Å². The monoisotopic (exact) mass is 425 g/mol. The highest BCUT2D eigenvalue weighted by Gasteiger charge is 2.15. The van der Waals surface area contributed by atoms with Gasteiger partial charge in [0.1, 0.15) is 6.61 Å². The van der Waals surface area contributed by atoms with Crippen LogP contribution < -0.4 is 5.32 Å². The van der Waals surface area contributed by atoms with E-state index in [1.807, 2.05) is 42.5 Å². The molecule has 2 atom stereocenters. The fourth-order valence-electron chi connectivity index (χ4n) is 3.48. The zero-order valence-electron chi connectivity index (χ0n) is 17.0. The Balaban J connectivity index is 1.61. The number of carbonyl (C=O) groups is 1. The van der Waals surface area contributed by atoms with Gasteiger partial charge in [0.15, 0.2) is 0 Å². The highest BCUT2D eigenvalue weighted by molar-refractivity contribution is 6.18. The van der Waals surface area contributed by atoms with E-state index < -0.39 is 12.2 Å². The van der Waals surface area contributed by atoms with Crippen LogP contribution in [0.3, 0.4) is 0 Å². The number of aliphatic hydroxyl groups is 1. The largest absolute Gasteiger partial charge is 0.445 e. The van der Waals surface area contributed by atoms with Gasteiger partial charge in [0.2, 0.25) is 0 Å². The Morgan fingerprint density at radius 3 is 2.43 bits per heavy atom. The number of alkyl halides is 1. The smallest absolute Gasteiger partial charge is 0.407 e. The third-order valence-corrected chi connectivity index (χ3v) is 5.45. The van der Waals surface area contributed by atoms with Crippen molar-refractivity contribution in [3.63, 3.8) is 0 Å². The molecule has 0 unspecified atom stereocenters. The Hall–Kier alpha value is -2.56. The lowest BCUT2D eigenvalue weighted by atomic mass is 9.98. The van der Waals surface area contributed by atoms with Crippen LogP contribution in [0.25, 0.3) is 10.8 Å². The minimum Gasteiger partial charge on any atom is -0.445 e. The molecular formula is C25H28ClNO3. The summed E-state index contributed by atoms with van der Waals surface area (Å²) in [5.41, 5.74) is 2.10. The van der Waals surface area contributed by atoms with E-state index in [4.69, 9.17) is 16.3 Å². The second-order valence-corrected chi connectivity index (χ2v) is 7.84. The molecule has 0 heterocycles. The topological polar surface area (TPSA) is 58.6 Å². The lowest BCUT2D eigenvalue weighted by Crippen LogP contribution is -2.37. The number of halogens is 1. The number of nitrogens with one attached hydrogen (secondary N) is 1. The number of hydrogen-bond acceptors (Lipinski definition) is 3. The number of hydrogen-bond donors (Lipinski definition) is 2. The molecular weight excluding hydrogens is 398 g/mol. The summed E-state index contributed by atoms with van der Waals surface area (Å²) < 4.78 is 5.39. The zero-order valence-corrected chi connectivity index (χ0v) is 17.7. The molecule has 0 aliphatic heterocycles. The summed E-state index contributed by atoms with van der Waals surface area (Å²) in [5, 5.41) is 15.1. The molecule has 0 spiro atoms. The van der Waals surface area contributed by atoms with Crippen molar-refractivity contribution in [2.75, 3.05) is 5.88 Å². The van der Waals surface area contributed by atoms with Crippen molar-refractivity contribution in [2.45, 2.75) is 44.4 Å². The second kappa shape index (κ2) is 11.6. The maximum atomic E-state index is 12.4. The summed E-state index contributed by atoms with van der Waals surface area (Å²) in [5.74, 6) is 0.224. The van der Waals surface area contributed by atoms with Gasteiger partial charge in [-0.2, -0.15) is 0 Å². The van der Waals surface area contributed by atoms with Crippen molar-refractivity contribution in [2.24, 2.45) is 0 Å². The van der Waals surface area contributed by atoms with E-state index in [9.17, 15) is 9.90 Å². The first-order valence-corrected chi connectivity index (χ1v) is 10.9. The van der Waals surface area contributed by atoms with Crippen molar-refractivity contribution in [3.05, 3.63) is 83.9 Å². The number of rotatable bonds is 10. The first-order chi connectivity index (χ1) is 14.6. The van der Waals surface area contributed by atoms with Gasteiger partial charge in [0.05, 0.1) is 6.10 Å². The van der Waals surface area contributed by atoms with Crippen LogP contribution in [0.15, 0.2) is 72.8 Å². The molecule has 0 aliphatic rings. The van der Waals surface area contributed by atoms with Gasteiger partial charge in [0, 0.05) is 11.9 Å². The van der Waals surface area contributed by atoms with Gasteiger partial charge in [-0.1, -0.05) is 72.8 Å². The van der Waals surface area contributed by atoms with E-state index in [0.29, 0.717) is 12.8 Å². The van der Waals surface area contributed by atoms with Crippen LogP contribution >= 0.6 is 11.6 Å². The van der Waals surface area contributed by atoms with E-state index in [1.54, 1.807) is 0 Å². The SMILES string of the molecule is O=C(N[C@@H](CCC[C@H](O)CCl)Cc1ccc2ccccc2c1)OCc1ccccc1. The van der Waals surface area contributed by atoms with Crippen LogP contribution in [0.2, 0.25) is 0 Å². The normalized spacial score (nSPS) is 13.0. The fourth-order valence-corrected chi connectivity index (χ4v) is 3.64. The van der Waals surface area contributed by atoms with Crippen LogP contribution in [-0.2, 0) is 17.8 Å². The lowest BCUT2D eigenvalue weighted by molar-refractivity contribution is 0.134. The standard InChI is InChI=1S/C25H28ClNO3/c26-17-24(28)12-6-11-23(27-25(29)30-18-19-7-2-1-3-8-19)16-20-13-14-21-9-4-5-10-22(21)15-20/h1-5,7-10,13-15,23-24,28H,6,11-12,16-18H2,(H,27,29)/t23-,24-/m0/s1. The number of alkyl carbamates (subject to hydrolysis) is 1. The summed E-state index contributed by atoms with van der Waals surface area (Å²) >= 11 is 5.70. The predicted molar refractivity (Wildman–Crippen MR) is 122 cm³/mol. The third kappa shape index (κ3) is 7.05. The van der Waals surface area contributed by atoms with Gasteiger partial charge in [-0.25, -0.2) is 4.79 Å². The number of aliphatic hydroxyl groups excluding tert-OH is 1. The summed E-state index contributed by atoms with van der Waals surface area (Å²) in [6.45, 7) is 0.236. The molecule has 0 fully saturated rings. The number of amides is 1. The molecule has 3 aromatic rings. The Labute approximate surface area is 182 Å². The summed E-state index contributed by atoms with van der Waals surface area (Å²) in [6.07, 6.45) is 1.87. The molecule has 0 saturated carbocycles. The first-order valence-electron chi connectivity index (χ1n) is 10.3. The van der Waals surface area contributed by atoms with Gasteiger partial charge in [-0.05, 0) is 47.6 Å². The number of ether oxygens (including phenoxy) is 1. The Kier molecular flexibility index (Phi) is 8.54. The predicted octanol–water partition coefficient (Wildman–Crippen LogP) is 5.45. The van der Waals surface area contributed by atoms with E-state index in [0.717, 1.165) is 24.0 Å². The average molecular weight is 426 g/mol. The Bertz CT molecular complexity index is 932. The third-order valence-electron chi connectivity index (χ3n) is 5.10. The summed E-state index contributed by atoms with van der Waals surface area (Å²) in [6, 6.07) is 24.1. The van der Waals surface area contributed by atoms with Crippen LogP contribution in [0, 0.1) is 0 Å². The molecule has 0 saturated heterocycles. The zero-order chi connectivity index (χ0) is 21.2. The van der Waals surface area contributed by atoms with Crippen molar-refractivity contribution < 1.29 is 14.6 Å². The molecule has 3 rings (SSSR count). The Morgan fingerprint density at radius 1 is 0.933 bits per heavy atom. The van der Waals surface area contributed by atoms with Crippen molar-refractivity contribution >= 4 is 28.5 Å². The Morgan fingerprint density at radius 2 is 1.67 bits per heavy atom. The minimum atomic E-state index is -0.516. The average Bonchev–Trinajstić information content (AvgIpc) is 2.78. The quantitative estimate of drug-likeness (QED) is 0.425. The second-order valence-electron chi connectivity index (χ2n) is 7.53. The molecule has 158 valence electrons. The summed E-state index contributed by atoms with van der Waals surface area (Å²) in [4.78, 5) is 12.4. The van der Waals surface area contributed by atoms with Gasteiger partial charge in [-0.15, -0.1) is 11.6 Å². The maximum Gasteiger partial charge on any atom is 0.407 e. The number of fused-ring (bicyclic) bond motifs is 1. The minimum absolute atomic E-state index is 0.0861. The molecule has 2 N–H and O–H groups in total.